The van der Waals surface area contributed by atoms with Crippen LogP contribution in [0.2, 0.25) is 0 Å². The highest BCUT2D eigenvalue weighted by atomic mass is 32.1. The lowest BCUT2D eigenvalue weighted by atomic mass is 9.93. The largest absolute Gasteiger partial charge is 0.344 e. The van der Waals surface area contributed by atoms with Gasteiger partial charge in [0, 0.05) is 30.8 Å². The summed E-state index contributed by atoms with van der Waals surface area (Å²) in [5.41, 5.74) is -0.314. The molecule has 1 aromatic heterocycles. The highest BCUT2D eigenvalue weighted by Gasteiger charge is 2.41. The second-order valence-corrected chi connectivity index (χ2v) is 8.14. The zero-order valence-corrected chi connectivity index (χ0v) is 16.2. The van der Waals surface area contributed by atoms with E-state index in [4.69, 9.17) is 0 Å². The zero-order chi connectivity index (χ0) is 20.7. The molecule has 1 amide bonds. The van der Waals surface area contributed by atoms with Crippen molar-refractivity contribution in [1.29, 1.82) is 0 Å². The number of anilines is 1. The fraction of sp³-hybridized carbons (Fsp3) is 0.444. The highest BCUT2D eigenvalue weighted by molar-refractivity contribution is 7.15. The molecule has 0 unspecified atom stereocenters. The number of hydrazone groups is 1. The first-order chi connectivity index (χ1) is 13.8. The molecule has 2 aliphatic heterocycles. The number of carbonyl (C=O) groups is 1. The molecule has 4 rings (SSSR count). The summed E-state index contributed by atoms with van der Waals surface area (Å²) in [5.74, 6) is -5.16. The predicted octanol–water partition coefficient (Wildman–Crippen LogP) is 3.39. The van der Waals surface area contributed by atoms with Crippen LogP contribution >= 0.6 is 11.3 Å². The van der Waals surface area contributed by atoms with Gasteiger partial charge in [-0.1, -0.05) is 11.3 Å². The van der Waals surface area contributed by atoms with Gasteiger partial charge in [0.15, 0.2) is 11.6 Å². The molecule has 0 radical (unpaired) electrons. The number of hydrogen-bond donors (Lipinski definition) is 0. The molecular formula is C18H17F4N5OS. The third kappa shape index (κ3) is 3.70. The Morgan fingerprint density at radius 3 is 2.72 bits per heavy atom. The average molecular weight is 427 g/mol. The van der Waals surface area contributed by atoms with Gasteiger partial charge < -0.3 is 4.90 Å². The fourth-order valence-corrected chi connectivity index (χ4v) is 4.37. The summed E-state index contributed by atoms with van der Waals surface area (Å²) < 4.78 is 56.3. The van der Waals surface area contributed by atoms with E-state index < -0.39 is 41.5 Å². The van der Waals surface area contributed by atoms with Gasteiger partial charge in [-0.25, -0.2) is 22.6 Å². The van der Waals surface area contributed by atoms with Gasteiger partial charge in [-0.15, -0.1) is 10.2 Å². The summed E-state index contributed by atoms with van der Waals surface area (Å²) in [5, 5.41) is 14.1. The summed E-state index contributed by atoms with van der Waals surface area (Å²) in [6, 6.07) is 0.262. The van der Waals surface area contributed by atoms with E-state index in [0.29, 0.717) is 17.7 Å². The van der Waals surface area contributed by atoms with Gasteiger partial charge in [0.1, 0.15) is 17.0 Å². The zero-order valence-electron chi connectivity index (χ0n) is 15.4. The van der Waals surface area contributed by atoms with E-state index in [1.165, 1.54) is 17.6 Å². The molecule has 0 N–H and O–H groups in total. The van der Waals surface area contributed by atoms with Crippen molar-refractivity contribution >= 4 is 28.6 Å². The first-order valence-corrected chi connectivity index (χ1v) is 9.86. The highest BCUT2D eigenvalue weighted by Crippen LogP contribution is 2.35. The summed E-state index contributed by atoms with van der Waals surface area (Å²) in [6.45, 7) is 2.16. The maximum absolute atomic E-state index is 14.9. The molecular weight excluding hydrogens is 410 g/mol. The van der Waals surface area contributed by atoms with Crippen LogP contribution in [0.25, 0.3) is 0 Å². The Morgan fingerprint density at radius 2 is 2.03 bits per heavy atom. The molecule has 1 aromatic carbocycles. The Labute approximate surface area is 167 Å². The van der Waals surface area contributed by atoms with Crippen LogP contribution in [0.4, 0.5) is 22.7 Å². The van der Waals surface area contributed by atoms with Crippen molar-refractivity contribution in [2.75, 3.05) is 18.0 Å². The first kappa shape index (κ1) is 19.7. The molecule has 1 fully saturated rings. The van der Waals surface area contributed by atoms with Gasteiger partial charge in [-0.3, -0.25) is 4.79 Å². The molecule has 29 heavy (non-hydrogen) atoms. The van der Waals surface area contributed by atoms with Crippen LogP contribution in [0.1, 0.15) is 29.5 Å². The van der Waals surface area contributed by atoms with Gasteiger partial charge in [-0.05, 0) is 19.4 Å². The van der Waals surface area contributed by atoms with Crippen LogP contribution < -0.4 is 4.90 Å². The molecule has 0 spiro atoms. The van der Waals surface area contributed by atoms with E-state index in [1.807, 2.05) is 0 Å². The molecule has 6 nitrogen and oxygen atoms in total. The number of halogens is 4. The maximum Gasteiger partial charge on any atom is 0.249 e. The van der Waals surface area contributed by atoms with E-state index in [2.05, 4.69) is 15.3 Å². The molecule has 11 heteroatoms. The molecule has 0 saturated carbocycles. The minimum absolute atomic E-state index is 0.0315. The average Bonchev–Trinajstić information content (AvgIpc) is 3.33. The molecule has 2 aromatic rings. The van der Waals surface area contributed by atoms with Crippen LogP contribution in [0.15, 0.2) is 17.2 Å². The number of aryl methyl sites for hydroxylation is 1. The lowest BCUT2D eigenvalue weighted by molar-refractivity contribution is -0.140. The van der Waals surface area contributed by atoms with Crippen molar-refractivity contribution < 1.29 is 22.4 Å². The first-order valence-electron chi connectivity index (χ1n) is 9.04. The summed E-state index contributed by atoms with van der Waals surface area (Å²) >= 11 is 1.34. The fourth-order valence-electron chi connectivity index (χ4n) is 3.64. The number of nitrogens with zero attached hydrogens (tertiary/aromatic N) is 5. The lowest BCUT2D eigenvalue weighted by Gasteiger charge is -2.35. The van der Waals surface area contributed by atoms with Crippen LogP contribution in [0.3, 0.4) is 0 Å². The van der Waals surface area contributed by atoms with Crippen molar-refractivity contribution in [2.24, 2.45) is 11.0 Å². The number of benzene rings is 1. The second kappa shape index (κ2) is 7.69. The molecule has 0 bridgehead atoms. The number of alkyl halides is 1. The molecule has 3 heterocycles. The number of aromatic nitrogens is 2. The molecule has 1 saturated heterocycles. The van der Waals surface area contributed by atoms with E-state index in [9.17, 15) is 22.4 Å². The van der Waals surface area contributed by atoms with Crippen LogP contribution in [-0.4, -0.2) is 46.6 Å². The molecule has 0 aliphatic carbocycles. The summed E-state index contributed by atoms with van der Waals surface area (Å²) in [6.07, 6.45) is 0.158. The number of amides is 1. The van der Waals surface area contributed by atoms with Crippen molar-refractivity contribution in [3.63, 3.8) is 0 Å². The second-order valence-electron chi connectivity index (χ2n) is 6.98. The third-order valence-electron chi connectivity index (χ3n) is 5.08. The van der Waals surface area contributed by atoms with E-state index in [1.54, 1.807) is 11.8 Å². The predicted molar refractivity (Wildman–Crippen MR) is 98.9 cm³/mol. The Kier molecular flexibility index (Phi) is 5.24. The number of carbonyl (C=O) groups excluding carboxylic acids is 1. The van der Waals surface area contributed by atoms with Gasteiger partial charge >= 0.3 is 0 Å². The van der Waals surface area contributed by atoms with Gasteiger partial charge in [0.2, 0.25) is 11.0 Å². The van der Waals surface area contributed by atoms with Crippen LogP contribution in [0.5, 0.6) is 0 Å². The molecule has 2 aliphatic rings. The van der Waals surface area contributed by atoms with Crippen LogP contribution in [0, 0.1) is 30.3 Å². The van der Waals surface area contributed by atoms with Crippen molar-refractivity contribution in [2.45, 2.75) is 32.0 Å². The van der Waals surface area contributed by atoms with Crippen LogP contribution in [-0.2, 0) is 4.79 Å². The summed E-state index contributed by atoms with van der Waals surface area (Å²) in [4.78, 5) is 14.7. The number of piperidine rings is 1. The van der Waals surface area contributed by atoms with E-state index >= 15 is 0 Å². The van der Waals surface area contributed by atoms with Gasteiger partial charge in [0.25, 0.3) is 0 Å². The minimum Gasteiger partial charge on any atom is -0.344 e. The van der Waals surface area contributed by atoms with Gasteiger partial charge in [-0.2, -0.15) is 5.10 Å². The quantitative estimate of drug-likeness (QED) is 0.557. The number of rotatable bonds is 3. The third-order valence-corrected chi connectivity index (χ3v) is 5.98. The monoisotopic (exact) mass is 427 g/mol. The standard InChI is InChI=1S/C18H17F4N5OS/c1-9-24-25-18(29-9)26-5-3-11(14(21)8-26)17(28)27-15(2-4-23-27)12-6-10(19)7-13(20)16(12)22/h4,6-7,11,14-15H,2-3,5,8H2,1H3/t11-,14+,15+/m0/s1. The number of hydrogen-bond acceptors (Lipinski definition) is 6. The van der Waals surface area contributed by atoms with Crippen molar-refractivity contribution in [1.82, 2.24) is 15.2 Å². The topological polar surface area (TPSA) is 61.7 Å². The Balaban J connectivity index is 1.51. The van der Waals surface area contributed by atoms with Crippen molar-refractivity contribution in [3.8, 4) is 0 Å². The van der Waals surface area contributed by atoms with E-state index in [0.717, 1.165) is 16.1 Å². The maximum atomic E-state index is 14.9. The van der Waals surface area contributed by atoms with Crippen molar-refractivity contribution in [3.05, 3.63) is 40.2 Å². The van der Waals surface area contributed by atoms with Gasteiger partial charge in [0.05, 0.1) is 18.5 Å². The Bertz CT molecular complexity index is 968. The Morgan fingerprint density at radius 1 is 1.24 bits per heavy atom. The SMILES string of the molecule is Cc1nnc(N2CC[C@H](C(=O)N3N=CC[C@@H]3c3cc(F)cc(F)c3F)[C@H](F)C2)s1. The smallest absolute Gasteiger partial charge is 0.249 e. The lowest BCUT2D eigenvalue weighted by Crippen LogP contribution is -2.48. The molecule has 3 atom stereocenters. The Hall–Kier alpha value is -2.56. The minimum atomic E-state index is -1.49. The summed E-state index contributed by atoms with van der Waals surface area (Å²) in [7, 11) is 0. The molecule has 154 valence electrons. The van der Waals surface area contributed by atoms with E-state index in [-0.39, 0.29) is 24.9 Å². The normalized spacial score (nSPS) is 24.4.